The number of nitrogens with zero attached hydrogens (tertiary/aromatic N) is 5. The highest BCUT2D eigenvalue weighted by Gasteiger charge is 2.38. The summed E-state index contributed by atoms with van der Waals surface area (Å²) in [5, 5.41) is 15.9. The van der Waals surface area contributed by atoms with Gasteiger partial charge in [-0.2, -0.15) is 23.4 Å². The van der Waals surface area contributed by atoms with Gasteiger partial charge < -0.3 is 9.84 Å². The first-order valence-electron chi connectivity index (χ1n) is 9.75. The molecule has 2 aromatic rings. The molecule has 8 nitrogen and oxygen atoms in total. The van der Waals surface area contributed by atoms with Crippen molar-refractivity contribution in [2.24, 2.45) is 20.0 Å². The van der Waals surface area contributed by atoms with Crippen molar-refractivity contribution in [3.8, 4) is 0 Å². The molecular weight excluding hydrogens is 403 g/mol. The second-order valence-corrected chi connectivity index (χ2v) is 7.72. The number of aliphatic carboxylic acids is 1. The Kier molecular flexibility index (Phi) is 6.81. The maximum atomic E-state index is 10.6. The van der Waals surface area contributed by atoms with Gasteiger partial charge in [0.2, 0.25) is 0 Å². The maximum absolute atomic E-state index is 10.6. The zero-order valence-electron chi connectivity index (χ0n) is 17.0. The van der Waals surface area contributed by atoms with Crippen LogP contribution in [-0.4, -0.2) is 61.5 Å². The van der Waals surface area contributed by atoms with Crippen molar-refractivity contribution in [2.45, 2.75) is 38.0 Å². The van der Waals surface area contributed by atoms with E-state index in [0.29, 0.717) is 0 Å². The van der Waals surface area contributed by atoms with Crippen molar-refractivity contribution in [1.29, 1.82) is 0 Å². The first-order valence-corrected chi connectivity index (χ1v) is 9.75. The van der Waals surface area contributed by atoms with Crippen molar-refractivity contribution in [3.63, 3.8) is 0 Å². The Morgan fingerprint density at radius 1 is 1.23 bits per heavy atom. The summed E-state index contributed by atoms with van der Waals surface area (Å²) in [5.74, 6) is -1.95. The average molecular weight is 429 g/mol. The molecule has 1 fully saturated rings. The lowest BCUT2D eigenvalue weighted by Crippen LogP contribution is -2.38. The fourth-order valence-electron chi connectivity index (χ4n) is 3.50. The zero-order valence-corrected chi connectivity index (χ0v) is 17.0. The number of rotatable bonds is 6. The van der Waals surface area contributed by atoms with Crippen LogP contribution in [0, 0.1) is 5.92 Å². The number of alkyl halides is 3. The normalized spacial score (nSPS) is 19.2. The highest BCUT2D eigenvalue weighted by atomic mass is 19.4. The predicted molar refractivity (Wildman–Crippen MR) is 101 cm³/mol. The molecule has 0 saturated heterocycles. The van der Waals surface area contributed by atoms with Crippen molar-refractivity contribution in [3.05, 3.63) is 35.4 Å². The van der Waals surface area contributed by atoms with E-state index >= 15 is 0 Å². The van der Waals surface area contributed by atoms with E-state index in [9.17, 15) is 13.2 Å². The molecule has 0 amide bonds. The van der Waals surface area contributed by atoms with Crippen LogP contribution >= 0.6 is 0 Å². The first-order chi connectivity index (χ1) is 14.1. The number of aryl methyl sites for hydroxylation is 2. The molecule has 1 saturated carbocycles. The fourth-order valence-corrected chi connectivity index (χ4v) is 3.50. The lowest BCUT2D eigenvalue weighted by molar-refractivity contribution is -0.192. The number of aromatic nitrogens is 4. The van der Waals surface area contributed by atoms with E-state index in [2.05, 4.69) is 21.3 Å². The van der Waals surface area contributed by atoms with E-state index in [1.54, 1.807) is 0 Å². The molecule has 2 aromatic heterocycles. The molecule has 3 heterocycles. The van der Waals surface area contributed by atoms with Gasteiger partial charge in [-0.3, -0.25) is 14.3 Å². The number of halogens is 3. The van der Waals surface area contributed by atoms with Gasteiger partial charge in [-0.05, 0) is 30.7 Å². The highest BCUT2D eigenvalue weighted by Crippen LogP contribution is 2.33. The largest absolute Gasteiger partial charge is 0.490 e. The van der Waals surface area contributed by atoms with Gasteiger partial charge >= 0.3 is 12.1 Å². The molecule has 2 aliphatic rings. The Labute approximate surface area is 172 Å². The minimum Gasteiger partial charge on any atom is -0.475 e. The molecule has 166 valence electrons. The third-order valence-electron chi connectivity index (χ3n) is 5.20. The summed E-state index contributed by atoms with van der Waals surface area (Å²) in [5.41, 5.74) is 3.94. The van der Waals surface area contributed by atoms with Crippen LogP contribution in [-0.2, 0) is 36.6 Å². The molecule has 11 heteroatoms. The molecule has 1 aliphatic heterocycles. The number of hydrogen-bond donors (Lipinski definition) is 1. The van der Waals surface area contributed by atoms with Crippen LogP contribution in [0.3, 0.4) is 0 Å². The van der Waals surface area contributed by atoms with Crippen LogP contribution < -0.4 is 0 Å². The smallest absolute Gasteiger partial charge is 0.475 e. The van der Waals surface area contributed by atoms with Gasteiger partial charge in [0.1, 0.15) is 0 Å². The quantitative estimate of drug-likeness (QED) is 0.759. The van der Waals surface area contributed by atoms with Gasteiger partial charge in [0.25, 0.3) is 0 Å². The van der Waals surface area contributed by atoms with Gasteiger partial charge in [-0.15, -0.1) is 0 Å². The van der Waals surface area contributed by atoms with E-state index in [1.165, 1.54) is 29.7 Å². The summed E-state index contributed by atoms with van der Waals surface area (Å²) in [6.45, 7) is 3.62. The molecule has 30 heavy (non-hydrogen) atoms. The topological polar surface area (TPSA) is 85.4 Å². The van der Waals surface area contributed by atoms with Gasteiger partial charge in [0, 0.05) is 45.6 Å². The number of ether oxygens (including phenoxy) is 1. The van der Waals surface area contributed by atoms with Gasteiger partial charge in [0.05, 0.1) is 30.7 Å². The Bertz CT molecular complexity index is 860. The van der Waals surface area contributed by atoms with E-state index in [4.69, 9.17) is 14.6 Å². The van der Waals surface area contributed by atoms with E-state index in [-0.39, 0.29) is 6.04 Å². The van der Waals surface area contributed by atoms with Gasteiger partial charge in [-0.25, -0.2) is 4.79 Å². The Hall–Kier alpha value is -2.40. The molecule has 0 aromatic carbocycles. The summed E-state index contributed by atoms with van der Waals surface area (Å²) in [6, 6.07) is 0.283. The van der Waals surface area contributed by atoms with E-state index in [1.807, 2.05) is 35.9 Å². The predicted octanol–water partition coefficient (Wildman–Crippen LogP) is 2.31. The molecule has 4 rings (SSSR count). The number of hydrogen-bond acceptors (Lipinski definition) is 5. The van der Waals surface area contributed by atoms with Gasteiger partial charge in [-0.1, -0.05) is 0 Å². The first kappa shape index (κ1) is 22.3. The summed E-state index contributed by atoms with van der Waals surface area (Å²) < 4.78 is 41.7. The molecule has 1 atom stereocenters. The summed E-state index contributed by atoms with van der Waals surface area (Å²) in [6.07, 6.45) is 4.72. The van der Waals surface area contributed by atoms with E-state index < -0.39 is 12.1 Å². The molecule has 0 radical (unpaired) electrons. The molecule has 1 N–H and O–H groups in total. The number of carboxylic acid groups (broad SMARTS) is 1. The van der Waals surface area contributed by atoms with Crippen molar-refractivity contribution in [2.75, 3.05) is 19.8 Å². The lowest BCUT2D eigenvalue weighted by Gasteiger charge is -2.35. The monoisotopic (exact) mass is 429 g/mol. The van der Waals surface area contributed by atoms with Crippen LogP contribution in [0.1, 0.15) is 35.7 Å². The molecule has 1 aliphatic carbocycles. The maximum Gasteiger partial charge on any atom is 0.490 e. The number of carbonyl (C=O) groups is 1. The minimum absolute atomic E-state index is 0.283. The standard InChI is InChI=1S/C17H25N5O.C2HF3O2/c1-20-9-14(7-18-20)10-22-6-5-15-8-19-21(2)17(15)16(22)12-23-11-13-3-4-13;3-2(4,5)1(6)7/h7-9,13,16H,3-6,10-12H2,1-2H3;(H,6,7). The highest BCUT2D eigenvalue weighted by molar-refractivity contribution is 5.73. The van der Waals surface area contributed by atoms with Crippen LogP contribution in [0.15, 0.2) is 18.6 Å². The van der Waals surface area contributed by atoms with Crippen molar-refractivity contribution >= 4 is 5.97 Å². The Balaban J connectivity index is 0.000000318. The third kappa shape index (κ3) is 5.82. The second kappa shape index (κ2) is 9.17. The van der Waals surface area contributed by atoms with Crippen LogP contribution in [0.2, 0.25) is 0 Å². The molecule has 0 bridgehead atoms. The van der Waals surface area contributed by atoms with Crippen molar-refractivity contribution < 1.29 is 27.8 Å². The molecule has 1 unspecified atom stereocenters. The number of carboxylic acids is 1. The number of fused-ring (bicyclic) bond motifs is 1. The second-order valence-electron chi connectivity index (χ2n) is 7.72. The SMILES string of the molecule is Cn1cc(CN2CCc3cnn(C)c3C2COCC2CC2)cn1.O=C(O)C(F)(F)F. The Morgan fingerprint density at radius 2 is 1.93 bits per heavy atom. The Morgan fingerprint density at radius 3 is 2.50 bits per heavy atom. The summed E-state index contributed by atoms with van der Waals surface area (Å²) in [7, 11) is 4.01. The molecule has 0 spiro atoms. The summed E-state index contributed by atoms with van der Waals surface area (Å²) >= 11 is 0. The van der Waals surface area contributed by atoms with Crippen LogP contribution in [0.4, 0.5) is 13.2 Å². The van der Waals surface area contributed by atoms with Crippen LogP contribution in [0.5, 0.6) is 0 Å². The lowest BCUT2D eigenvalue weighted by atomic mass is 9.99. The molecular formula is C19H26F3N5O3. The average Bonchev–Trinajstić information content (AvgIpc) is 3.29. The summed E-state index contributed by atoms with van der Waals surface area (Å²) in [4.78, 5) is 11.4. The van der Waals surface area contributed by atoms with E-state index in [0.717, 1.165) is 38.6 Å². The third-order valence-corrected chi connectivity index (χ3v) is 5.20. The van der Waals surface area contributed by atoms with Crippen LogP contribution in [0.25, 0.3) is 0 Å². The van der Waals surface area contributed by atoms with Crippen molar-refractivity contribution in [1.82, 2.24) is 24.5 Å². The fraction of sp³-hybridized carbons (Fsp3) is 0.632. The van der Waals surface area contributed by atoms with Gasteiger partial charge in [0.15, 0.2) is 0 Å². The zero-order chi connectivity index (χ0) is 21.9. The minimum atomic E-state index is -5.08.